The van der Waals surface area contributed by atoms with Crippen molar-refractivity contribution < 1.29 is 4.42 Å². The lowest BCUT2D eigenvalue weighted by Crippen LogP contribution is -2.05. The number of nitrogens with one attached hydrogen (secondary N) is 1. The SMILES string of the molecule is CCCNc1cc(C2CC2)nc(-c2ccoc2C)n1. The lowest BCUT2D eigenvalue weighted by atomic mass is 10.2. The minimum Gasteiger partial charge on any atom is -0.469 e. The Labute approximate surface area is 113 Å². The molecule has 1 saturated carbocycles. The van der Waals surface area contributed by atoms with Gasteiger partial charge in [0.2, 0.25) is 0 Å². The Morgan fingerprint density at radius 1 is 1.37 bits per heavy atom. The molecule has 19 heavy (non-hydrogen) atoms. The molecule has 2 heterocycles. The van der Waals surface area contributed by atoms with Gasteiger partial charge in [-0.15, -0.1) is 0 Å². The van der Waals surface area contributed by atoms with E-state index < -0.39 is 0 Å². The molecular formula is C15H19N3O. The van der Waals surface area contributed by atoms with Crippen molar-refractivity contribution in [2.24, 2.45) is 0 Å². The van der Waals surface area contributed by atoms with Crippen LogP contribution in [0.1, 0.15) is 43.6 Å². The number of rotatable bonds is 5. The molecule has 4 nitrogen and oxygen atoms in total. The fraction of sp³-hybridized carbons (Fsp3) is 0.467. The highest BCUT2D eigenvalue weighted by molar-refractivity contribution is 5.59. The molecule has 0 bridgehead atoms. The van der Waals surface area contributed by atoms with Gasteiger partial charge in [-0.05, 0) is 32.3 Å². The monoisotopic (exact) mass is 257 g/mol. The molecular weight excluding hydrogens is 238 g/mol. The second-order valence-corrected chi connectivity index (χ2v) is 5.09. The van der Waals surface area contributed by atoms with Gasteiger partial charge < -0.3 is 9.73 Å². The Hall–Kier alpha value is -1.84. The van der Waals surface area contributed by atoms with Crippen LogP contribution in [0.3, 0.4) is 0 Å². The fourth-order valence-electron chi connectivity index (χ4n) is 2.14. The van der Waals surface area contributed by atoms with Crippen LogP contribution in [0.25, 0.3) is 11.4 Å². The van der Waals surface area contributed by atoms with Gasteiger partial charge in [0.15, 0.2) is 5.82 Å². The van der Waals surface area contributed by atoms with Gasteiger partial charge in [-0.1, -0.05) is 6.92 Å². The first-order valence-electron chi connectivity index (χ1n) is 6.95. The van der Waals surface area contributed by atoms with Gasteiger partial charge in [0.25, 0.3) is 0 Å². The van der Waals surface area contributed by atoms with E-state index in [1.165, 1.54) is 12.8 Å². The molecule has 0 aromatic carbocycles. The lowest BCUT2D eigenvalue weighted by molar-refractivity contribution is 0.535. The Kier molecular flexibility index (Phi) is 3.23. The molecule has 0 saturated heterocycles. The molecule has 100 valence electrons. The van der Waals surface area contributed by atoms with E-state index in [-0.39, 0.29) is 0 Å². The summed E-state index contributed by atoms with van der Waals surface area (Å²) in [5.74, 6) is 3.19. The zero-order valence-corrected chi connectivity index (χ0v) is 11.4. The van der Waals surface area contributed by atoms with Crippen LogP contribution in [0.15, 0.2) is 22.8 Å². The summed E-state index contributed by atoms with van der Waals surface area (Å²) in [6.45, 7) is 5.03. The van der Waals surface area contributed by atoms with E-state index in [2.05, 4.69) is 23.3 Å². The van der Waals surface area contributed by atoms with Crippen LogP contribution in [0.5, 0.6) is 0 Å². The minimum absolute atomic E-state index is 0.621. The zero-order valence-electron chi connectivity index (χ0n) is 11.4. The van der Waals surface area contributed by atoms with E-state index in [1.54, 1.807) is 6.26 Å². The highest BCUT2D eigenvalue weighted by Crippen LogP contribution is 2.40. The normalized spacial score (nSPS) is 14.6. The third-order valence-electron chi connectivity index (χ3n) is 3.40. The highest BCUT2D eigenvalue weighted by Gasteiger charge is 2.26. The summed E-state index contributed by atoms with van der Waals surface area (Å²) < 4.78 is 5.36. The number of hydrogen-bond donors (Lipinski definition) is 1. The summed E-state index contributed by atoms with van der Waals surface area (Å²) in [4.78, 5) is 9.30. The smallest absolute Gasteiger partial charge is 0.165 e. The molecule has 0 aliphatic heterocycles. The summed E-state index contributed by atoms with van der Waals surface area (Å²) in [5, 5.41) is 3.36. The molecule has 1 aliphatic carbocycles. The van der Waals surface area contributed by atoms with Crippen molar-refractivity contribution in [1.29, 1.82) is 0 Å². The molecule has 1 aliphatic rings. The maximum atomic E-state index is 5.36. The average molecular weight is 257 g/mol. The van der Waals surface area contributed by atoms with E-state index in [9.17, 15) is 0 Å². The van der Waals surface area contributed by atoms with Crippen LogP contribution in [-0.4, -0.2) is 16.5 Å². The third kappa shape index (κ3) is 2.62. The maximum Gasteiger partial charge on any atom is 0.165 e. The number of aryl methyl sites for hydroxylation is 1. The average Bonchev–Trinajstić information content (AvgIpc) is 3.18. The van der Waals surface area contributed by atoms with E-state index in [0.29, 0.717) is 5.92 Å². The first-order valence-corrected chi connectivity index (χ1v) is 6.95. The molecule has 0 atom stereocenters. The second-order valence-electron chi connectivity index (χ2n) is 5.09. The molecule has 1 fully saturated rings. The lowest BCUT2D eigenvalue weighted by Gasteiger charge is -2.08. The predicted octanol–water partition coefficient (Wildman–Crippen LogP) is 3.74. The Bertz CT molecular complexity index is 573. The quantitative estimate of drug-likeness (QED) is 0.886. The summed E-state index contributed by atoms with van der Waals surface area (Å²) in [5.41, 5.74) is 2.14. The first kappa shape index (κ1) is 12.2. The van der Waals surface area contributed by atoms with Crippen molar-refractivity contribution in [3.63, 3.8) is 0 Å². The van der Waals surface area contributed by atoms with E-state index >= 15 is 0 Å². The Balaban J connectivity index is 1.98. The Morgan fingerprint density at radius 2 is 2.21 bits per heavy atom. The summed E-state index contributed by atoms with van der Waals surface area (Å²) in [6.07, 6.45) is 5.27. The fourth-order valence-corrected chi connectivity index (χ4v) is 2.14. The largest absolute Gasteiger partial charge is 0.469 e. The minimum atomic E-state index is 0.621. The Morgan fingerprint density at radius 3 is 2.84 bits per heavy atom. The second kappa shape index (κ2) is 5.03. The van der Waals surface area contributed by atoms with Crippen LogP contribution in [0.2, 0.25) is 0 Å². The first-order chi connectivity index (χ1) is 9.28. The van der Waals surface area contributed by atoms with E-state index in [1.807, 2.05) is 13.0 Å². The van der Waals surface area contributed by atoms with Crippen LogP contribution in [0, 0.1) is 6.92 Å². The molecule has 0 spiro atoms. The molecule has 3 rings (SSSR count). The van der Waals surface area contributed by atoms with E-state index in [4.69, 9.17) is 9.40 Å². The zero-order chi connectivity index (χ0) is 13.2. The topological polar surface area (TPSA) is 51.0 Å². The van der Waals surface area contributed by atoms with Crippen molar-refractivity contribution in [2.75, 3.05) is 11.9 Å². The molecule has 1 N–H and O–H groups in total. The molecule has 0 amide bonds. The maximum absolute atomic E-state index is 5.36. The van der Waals surface area contributed by atoms with Crippen molar-refractivity contribution in [3.05, 3.63) is 29.9 Å². The molecule has 2 aromatic rings. The number of nitrogens with zero attached hydrogens (tertiary/aromatic N) is 2. The number of furan rings is 1. The van der Waals surface area contributed by atoms with Crippen molar-refractivity contribution >= 4 is 5.82 Å². The number of aromatic nitrogens is 2. The van der Waals surface area contributed by atoms with Gasteiger partial charge in [0, 0.05) is 24.2 Å². The van der Waals surface area contributed by atoms with Gasteiger partial charge in [-0.2, -0.15) is 0 Å². The number of hydrogen-bond acceptors (Lipinski definition) is 4. The van der Waals surface area contributed by atoms with Gasteiger partial charge in [-0.25, -0.2) is 9.97 Å². The van der Waals surface area contributed by atoms with Crippen molar-refractivity contribution in [1.82, 2.24) is 9.97 Å². The summed E-state index contributed by atoms with van der Waals surface area (Å²) in [7, 11) is 0. The summed E-state index contributed by atoms with van der Waals surface area (Å²) in [6, 6.07) is 4.02. The molecule has 2 aromatic heterocycles. The molecule has 4 heteroatoms. The molecule has 0 radical (unpaired) electrons. The van der Waals surface area contributed by atoms with Gasteiger partial charge in [0.1, 0.15) is 11.6 Å². The van der Waals surface area contributed by atoms with Gasteiger partial charge >= 0.3 is 0 Å². The third-order valence-corrected chi connectivity index (χ3v) is 3.40. The van der Waals surface area contributed by atoms with Crippen LogP contribution in [0.4, 0.5) is 5.82 Å². The van der Waals surface area contributed by atoms with Crippen molar-refractivity contribution in [2.45, 2.75) is 39.0 Å². The predicted molar refractivity (Wildman–Crippen MR) is 75.2 cm³/mol. The highest BCUT2D eigenvalue weighted by atomic mass is 16.3. The van der Waals surface area contributed by atoms with Crippen LogP contribution < -0.4 is 5.32 Å². The van der Waals surface area contributed by atoms with Gasteiger partial charge in [-0.3, -0.25) is 0 Å². The van der Waals surface area contributed by atoms with Crippen LogP contribution >= 0.6 is 0 Å². The van der Waals surface area contributed by atoms with Crippen molar-refractivity contribution in [3.8, 4) is 11.4 Å². The van der Waals surface area contributed by atoms with Crippen LogP contribution in [-0.2, 0) is 0 Å². The molecule has 0 unspecified atom stereocenters. The number of anilines is 1. The summed E-state index contributed by atoms with van der Waals surface area (Å²) >= 11 is 0. The van der Waals surface area contributed by atoms with Gasteiger partial charge in [0.05, 0.1) is 11.8 Å². The van der Waals surface area contributed by atoms with E-state index in [0.717, 1.165) is 41.6 Å². The standard InChI is InChI=1S/C15H19N3O/c1-3-7-16-14-9-13(11-4-5-11)17-15(18-14)12-6-8-19-10(12)2/h6,8-9,11H,3-5,7H2,1-2H3,(H,16,17,18).